The number of aryl methyl sites for hydroxylation is 1. The van der Waals surface area contributed by atoms with E-state index in [0.717, 1.165) is 15.3 Å². The van der Waals surface area contributed by atoms with E-state index in [-0.39, 0.29) is 0 Å². The van der Waals surface area contributed by atoms with Crippen LogP contribution in [0.3, 0.4) is 0 Å². The molecule has 60 valence electrons. The Labute approximate surface area is 84.4 Å². The molecule has 0 unspecified atom stereocenters. The van der Waals surface area contributed by atoms with Gasteiger partial charge in [-0.05, 0) is 35.3 Å². The van der Waals surface area contributed by atoms with Gasteiger partial charge in [-0.3, -0.25) is 0 Å². The van der Waals surface area contributed by atoms with Gasteiger partial charge in [0.15, 0.2) is 5.16 Å². The van der Waals surface area contributed by atoms with Gasteiger partial charge >= 0.3 is 0 Å². The van der Waals surface area contributed by atoms with Gasteiger partial charge in [-0.2, -0.15) is 0 Å². The standard InChI is InChI=1S/C7H9IN2S/c1-3-5-4-9-7(11-2)10-6(5)8/h4H,3H2,1-2H3. The molecule has 0 amide bonds. The van der Waals surface area contributed by atoms with Crippen molar-refractivity contribution >= 4 is 34.4 Å². The minimum atomic E-state index is 0.853. The summed E-state index contributed by atoms with van der Waals surface area (Å²) >= 11 is 3.82. The molecule has 0 saturated carbocycles. The van der Waals surface area contributed by atoms with Crippen LogP contribution in [0.5, 0.6) is 0 Å². The number of nitrogens with zero attached hydrogens (tertiary/aromatic N) is 2. The van der Waals surface area contributed by atoms with Gasteiger partial charge < -0.3 is 0 Å². The van der Waals surface area contributed by atoms with E-state index in [1.165, 1.54) is 5.56 Å². The van der Waals surface area contributed by atoms with Crippen LogP contribution in [-0.4, -0.2) is 16.2 Å². The number of thioether (sulfide) groups is 1. The molecule has 0 aliphatic rings. The van der Waals surface area contributed by atoms with Crippen molar-refractivity contribution in [2.45, 2.75) is 18.5 Å². The molecular weight excluding hydrogens is 271 g/mol. The Hall–Kier alpha value is 0.160. The fourth-order valence-corrected chi connectivity index (χ4v) is 1.96. The minimum absolute atomic E-state index is 0.853. The highest BCUT2D eigenvalue weighted by Gasteiger charge is 2.00. The van der Waals surface area contributed by atoms with E-state index in [4.69, 9.17) is 0 Å². The summed E-state index contributed by atoms with van der Waals surface area (Å²) in [7, 11) is 0. The van der Waals surface area contributed by atoms with Crippen LogP contribution in [-0.2, 0) is 6.42 Å². The zero-order chi connectivity index (χ0) is 8.27. The number of hydrogen-bond donors (Lipinski definition) is 0. The smallest absolute Gasteiger partial charge is 0.188 e. The maximum Gasteiger partial charge on any atom is 0.188 e. The van der Waals surface area contributed by atoms with Gasteiger partial charge in [0.05, 0.1) is 0 Å². The van der Waals surface area contributed by atoms with Gasteiger partial charge in [-0.1, -0.05) is 18.7 Å². The second kappa shape index (κ2) is 4.25. The zero-order valence-corrected chi connectivity index (χ0v) is 9.44. The molecule has 0 aromatic carbocycles. The third kappa shape index (κ3) is 2.30. The fourth-order valence-electron chi connectivity index (χ4n) is 0.707. The minimum Gasteiger partial charge on any atom is -0.231 e. The fraction of sp³-hybridized carbons (Fsp3) is 0.429. The summed E-state index contributed by atoms with van der Waals surface area (Å²) < 4.78 is 1.07. The van der Waals surface area contributed by atoms with Crippen LogP contribution in [0.25, 0.3) is 0 Å². The molecule has 0 aliphatic heterocycles. The van der Waals surface area contributed by atoms with Crippen molar-refractivity contribution in [3.05, 3.63) is 15.5 Å². The van der Waals surface area contributed by atoms with Crippen molar-refractivity contribution in [2.75, 3.05) is 6.26 Å². The van der Waals surface area contributed by atoms with Crippen molar-refractivity contribution in [1.82, 2.24) is 9.97 Å². The molecule has 0 saturated heterocycles. The predicted molar refractivity (Wildman–Crippen MR) is 55.9 cm³/mol. The molecule has 0 aliphatic carbocycles. The third-order valence-electron chi connectivity index (χ3n) is 1.35. The Balaban J connectivity index is 2.99. The first-order valence-corrected chi connectivity index (χ1v) is 5.63. The first-order chi connectivity index (χ1) is 5.27. The van der Waals surface area contributed by atoms with Gasteiger partial charge in [0.2, 0.25) is 0 Å². The zero-order valence-electron chi connectivity index (χ0n) is 6.47. The highest BCUT2D eigenvalue weighted by Crippen LogP contribution is 2.13. The summed E-state index contributed by atoms with van der Waals surface area (Å²) in [6.07, 6.45) is 4.89. The molecule has 0 atom stereocenters. The molecule has 0 bridgehead atoms. The highest BCUT2D eigenvalue weighted by atomic mass is 127. The van der Waals surface area contributed by atoms with Crippen molar-refractivity contribution < 1.29 is 0 Å². The van der Waals surface area contributed by atoms with Crippen molar-refractivity contribution in [3.63, 3.8) is 0 Å². The monoisotopic (exact) mass is 280 g/mol. The van der Waals surface area contributed by atoms with Crippen LogP contribution in [0.4, 0.5) is 0 Å². The Morgan fingerprint density at radius 2 is 2.36 bits per heavy atom. The average Bonchev–Trinajstić information content (AvgIpc) is 2.04. The summed E-state index contributed by atoms with van der Waals surface area (Å²) in [4.78, 5) is 8.48. The van der Waals surface area contributed by atoms with Crippen LogP contribution >= 0.6 is 34.4 Å². The largest absolute Gasteiger partial charge is 0.231 e. The topological polar surface area (TPSA) is 25.8 Å². The molecule has 1 heterocycles. The van der Waals surface area contributed by atoms with Crippen LogP contribution in [0.15, 0.2) is 11.4 Å². The lowest BCUT2D eigenvalue weighted by Crippen LogP contribution is -1.94. The second-order valence-electron chi connectivity index (χ2n) is 2.03. The van der Waals surface area contributed by atoms with E-state index < -0.39 is 0 Å². The van der Waals surface area contributed by atoms with Gasteiger partial charge in [0, 0.05) is 11.8 Å². The number of halogens is 1. The van der Waals surface area contributed by atoms with Gasteiger partial charge in [0.1, 0.15) is 3.70 Å². The Kier molecular flexibility index (Phi) is 3.58. The first kappa shape index (κ1) is 9.25. The summed E-state index contributed by atoms with van der Waals surface area (Å²) in [5.41, 5.74) is 1.23. The second-order valence-corrected chi connectivity index (χ2v) is 3.82. The molecule has 2 nitrogen and oxygen atoms in total. The van der Waals surface area contributed by atoms with Crippen LogP contribution in [0, 0.1) is 3.70 Å². The molecule has 4 heteroatoms. The number of hydrogen-bond acceptors (Lipinski definition) is 3. The first-order valence-electron chi connectivity index (χ1n) is 3.33. The lowest BCUT2D eigenvalue weighted by atomic mass is 10.3. The molecule has 11 heavy (non-hydrogen) atoms. The Morgan fingerprint density at radius 1 is 1.64 bits per heavy atom. The molecule has 1 aromatic heterocycles. The third-order valence-corrected chi connectivity index (χ3v) is 2.85. The molecule has 0 fully saturated rings. The molecule has 0 N–H and O–H groups in total. The summed E-state index contributed by atoms with van der Waals surface area (Å²) in [5.74, 6) is 0. The van der Waals surface area contributed by atoms with E-state index in [0.29, 0.717) is 0 Å². The van der Waals surface area contributed by atoms with Gasteiger partial charge in [-0.15, -0.1) is 0 Å². The van der Waals surface area contributed by atoms with Gasteiger partial charge in [-0.25, -0.2) is 9.97 Å². The van der Waals surface area contributed by atoms with Crippen molar-refractivity contribution in [1.29, 1.82) is 0 Å². The SMILES string of the molecule is CCc1cnc(SC)nc1I. The quantitative estimate of drug-likeness (QED) is 0.360. The van der Waals surface area contributed by atoms with Crippen molar-refractivity contribution in [3.8, 4) is 0 Å². The van der Waals surface area contributed by atoms with E-state index in [1.807, 2.05) is 12.5 Å². The van der Waals surface area contributed by atoms with E-state index in [2.05, 4.69) is 39.5 Å². The van der Waals surface area contributed by atoms with E-state index in [1.54, 1.807) is 11.8 Å². The van der Waals surface area contributed by atoms with Crippen LogP contribution in [0.2, 0.25) is 0 Å². The predicted octanol–water partition coefficient (Wildman–Crippen LogP) is 2.37. The van der Waals surface area contributed by atoms with E-state index in [9.17, 15) is 0 Å². The molecule has 0 radical (unpaired) electrons. The lowest BCUT2D eigenvalue weighted by molar-refractivity contribution is 0.904. The summed E-state index contributed by atoms with van der Waals surface area (Å²) in [6.45, 7) is 2.11. The normalized spacial score (nSPS) is 10.1. The molecule has 1 rings (SSSR count). The average molecular weight is 280 g/mol. The number of aromatic nitrogens is 2. The van der Waals surface area contributed by atoms with E-state index >= 15 is 0 Å². The van der Waals surface area contributed by atoms with Crippen LogP contribution in [0.1, 0.15) is 12.5 Å². The molecule has 1 aromatic rings. The maximum absolute atomic E-state index is 4.30. The molecule has 0 spiro atoms. The maximum atomic E-state index is 4.30. The Bertz CT molecular complexity index is 252. The van der Waals surface area contributed by atoms with Crippen LogP contribution < -0.4 is 0 Å². The number of rotatable bonds is 2. The summed E-state index contributed by atoms with van der Waals surface area (Å²) in [5, 5.41) is 0.853. The summed E-state index contributed by atoms with van der Waals surface area (Å²) in [6, 6.07) is 0. The highest BCUT2D eigenvalue weighted by molar-refractivity contribution is 14.1. The lowest BCUT2D eigenvalue weighted by Gasteiger charge is -2.00. The van der Waals surface area contributed by atoms with Crippen molar-refractivity contribution in [2.24, 2.45) is 0 Å². The Morgan fingerprint density at radius 3 is 2.82 bits per heavy atom. The van der Waals surface area contributed by atoms with Gasteiger partial charge in [0.25, 0.3) is 0 Å². The molecular formula is C7H9IN2S.